The molecule has 1 saturated heterocycles. The maximum Gasteiger partial charge on any atom is 0.239 e. The van der Waals surface area contributed by atoms with Crippen molar-refractivity contribution >= 4 is 21.8 Å². The Morgan fingerprint density at radius 2 is 2.24 bits per heavy atom. The van der Waals surface area contributed by atoms with E-state index in [0.29, 0.717) is 39.5 Å². The molecule has 1 unspecified atom stereocenters. The van der Waals surface area contributed by atoms with E-state index in [0.717, 1.165) is 10.2 Å². The molecule has 5 nitrogen and oxygen atoms in total. The summed E-state index contributed by atoms with van der Waals surface area (Å²) in [5.41, 5.74) is 0. The van der Waals surface area contributed by atoms with Crippen LogP contribution in [0.25, 0.3) is 0 Å². The van der Waals surface area contributed by atoms with E-state index in [4.69, 9.17) is 9.47 Å². The number of hydrogen-bond acceptors (Lipinski definition) is 4. The van der Waals surface area contributed by atoms with E-state index in [-0.39, 0.29) is 11.9 Å². The van der Waals surface area contributed by atoms with Crippen LogP contribution in [0.5, 0.6) is 5.75 Å². The van der Waals surface area contributed by atoms with Crippen LogP contribution in [0.1, 0.15) is 6.92 Å². The van der Waals surface area contributed by atoms with Crippen LogP contribution >= 0.6 is 15.9 Å². The van der Waals surface area contributed by atoms with Crippen LogP contribution in [0.15, 0.2) is 28.7 Å². The number of nitrogens with one attached hydrogen (secondary N) is 1. The van der Waals surface area contributed by atoms with Gasteiger partial charge in [-0.25, -0.2) is 0 Å². The van der Waals surface area contributed by atoms with Crippen LogP contribution in [0.4, 0.5) is 0 Å². The van der Waals surface area contributed by atoms with E-state index in [9.17, 15) is 4.79 Å². The molecule has 116 valence electrons. The molecule has 1 atom stereocenters. The maximum absolute atomic E-state index is 12.2. The minimum atomic E-state index is -0.200. The fourth-order valence-electron chi connectivity index (χ4n) is 2.15. The number of morpholine rings is 1. The average molecular weight is 357 g/mol. The summed E-state index contributed by atoms with van der Waals surface area (Å²) in [6.07, 6.45) is 0. The molecule has 1 heterocycles. The summed E-state index contributed by atoms with van der Waals surface area (Å²) in [6, 6.07) is 7.51. The molecule has 0 radical (unpaired) electrons. The number of carbonyl (C=O) groups excluding carboxylic acids is 1. The first-order valence-corrected chi connectivity index (χ1v) is 7.94. The lowest BCUT2D eigenvalue weighted by atomic mass is 10.2. The van der Waals surface area contributed by atoms with Gasteiger partial charge >= 0.3 is 0 Å². The van der Waals surface area contributed by atoms with Crippen LogP contribution in [0.3, 0.4) is 0 Å². The lowest BCUT2D eigenvalue weighted by Crippen LogP contribution is -2.49. The quantitative estimate of drug-likeness (QED) is 0.787. The largest absolute Gasteiger partial charge is 0.492 e. The molecular formula is C15H21BrN2O3. The lowest BCUT2D eigenvalue weighted by Gasteiger charge is -2.29. The van der Waals surface area contributed by atoms with E-state index in [1.807, 2.05) is 36.1 Å². The maximum atomic E-state index is 12.2. The van der Waals surface area contributed by atoms with Crippen LogP contribution in [0, 0.1) is 0 Å². The third kappa shape index (κ3) is 5.30. The average Bonchev–Trinajstić information content (AvgIpc) is 2.51. The van der Waals surface area contributed by atoms with Crippen LogP contribution in [-0.4, -0.2) is 56.3 Å². The van der Waals surface area contributed by atoms with Gasteiger partial charge in [0.15, 0.2) is 0 Å². The van der Waals surface area contributed by atoms with Crippen LogP contribution in [-0.2, 0) is 9.53 Å². The van der Waals surface area contributed by atoms with E-state index in [1.165, 1.54) is 0 Å². The first-order valence-electron chi connectivity index (χ1n) is 7.15. The number of nitrogens with zero attached hydrogens (tertiary/aromatic N) is 1. The molecule has 2 rings (SSSR count). The number of rotatable bonds is 6. The number of ether oxygens (including phenoxy) is 2. The Bertz CT molecular complexity index is 464. The fraction of sp³-hybridized carbons (Fsp3) is 0.533. The minimum absolute atomic E-state index is 0.126. The summed E-state index contributed by atoms with van der Waals surface area (Å²) in [5, 5.41) is 3.20. The Hall–Kier alpha value is -1.11. The van der Waals surface area contributed by atoms with Gasteiger partial charge in [0.1, 0.15) is 12.4 Å². The number of carbonyl (C=O) groups is 1. The summed E-state index contributed by atoms with van der Waals surface area (Å²) >= 11 is 3.40. The zero-order valence-corrected chi connectivity index (χ0v) is 13.8. The van der Waals surface area contributed by atoms with E-state index in [1.54, 1.807) is 0 Å². The third-order valence-corrected chi connectivity index (χ3v) is 3.80. The van der Waals surface area contributed by atoms with Crippen molar-refractivity contribution in [1.82, 2.24) is 10.2 Å². The molecular weight excluding hydrogens is 336 g/mol. The number of amides is 1. The monoisotopic (exact) mass is 356 g/mol. The highest BCUT2D eigenvalue weighted by molar-refractivity contribution is 9.10. The minimum Gasteiger partial charge on any atom is -0.492 e. The Morgan fingerprint density at radius 1 is 1.48 bits per heavy atom. The van der Waals surface area contributed by atoms with Crippen molar-refractivity contribution in [2.24, 2.45) is 0 Å². The van der Waals surface area contributed by atoms with Crippen molar-refractivity contribution in [2.45, 2.75) is 13.0 Å². The third-order valence-electron chi connectivity index (χ3n) is 3.31. The van der Waals surface area contributed by atoms with E-state index >= 15 is 0 Å². The first kappa shape index (κ1) is 16.3. The van der Waals surface area contributed by atoms with Crippen LogP contribution in [0.2, 0.25) is 0 Å². The highest BCUT2D eigenvalue weighted by Gasteiger charge is 2.21. The Labute approximate surface area is 133 Å². The summed E-state index contributed by atoms with van der Waals surface area (Å²) < 4.78 is 11.9. The van der Waals surface area contributed by atoms with Gasteiger partial charge in [0.2, 0.25) is 5.91 Å². The molecule has 0 spiro atoms. The van der Waals surface area contributed by atoms with Gasteiger partial charge in [-0.2, -0.15) is 0 Å². The molecule has 1 aliphatic rings. The SMILES string of the molecule is CC(NCCOc1cccc(Br)c1)C(=O)N1CCOCC1. The van der Waals surface area contributed by atoms with Gasteiger partial charge in [0, 0.05) is 24.1 Å². The molecule has 1 N–H and O–H groups in total. The normalized spacial score (nSPS) is 16.6. The van der Waals surface area contributed by atoms with Crippen molar-refractivity contribution in [3.05, 3.63) is 28.7 Å². The van der Waals surface area contributed by atoms with Gasteiger partial charge in [-0.15, -0.1) is 0 Å². The molecule has 0 aliphatic carbocycles. The summed E-state index contributed by atoms with van der Waals surface area (Å²) in [7, 11) is 0. The highest BCUT2D eigenvalue weighted by atomic mass is 79.9. The molecule has 21 heavy (non-hydrogen) atoms. The fourth-order valence-corrected chi connectivity index (χ4v) is 2.52. The summed E-state index contributed by atoms with van der Waals surface area (Å²) in [4.78, 5) is 14.0. The van der Waals surface area contributed by atoms with Crippen molar-refractivity contribution in [3.8, 4) is 5.75 Å². The van der Waals surface area contributed by atoms with Crippen molar-refractivity contribution in [3.63, 3.8) is 0 Å². The Kier molecular flexibility index (Phi) is 6.48. The molecule has 1 fully saturated rings. The van der Waals surface area contributed by atoms with Gasteiger partial charge in [0.25, 0.3) is 0 Å². The number of hydrogen-bond donors (Lipinski definition) is 1. The standard InChI is InChI=1S/C15H21BrN2O3/c1-12(15(19)18-6-9-20-10-7-18)17-5-8-21-14-4-2-3-13(16)11-14/h2-4,11-12,17H,5-10H2,1H3. The van der Waals surface area contributed by atoms with E-state index in [2.05, 4.69) is 21.2 Å². The Balaban J connectivity index is 1.66. The van der Waals surface area contributed by atoms with Gasteiger partial charge in [0.05, 0.1) is 19.3 Å². The molecule has 1 aliphatic heterocycles. The van der Waals surface area contributed by atoms with Gasteiger partial charge in [-0.1, -0.05) is 22.0 Å². The lowest BCUT2D eigenvalue weighted by molar-refractivity contribution is -0.137. The van der Waals surface area contributed by atoms with Gasteiger partial charge < -0.3 is 19.7 Å². The summed E-state index contributed by atoms with van der Waals surface area (Å²) in [6.45, 7) is 5.66. The van der Waals surface area contributed by atoms with Crippen molar-refractivity contribution < 1.29 is 14.3 Å². The molecule has 6 heteroatoms. The first-order chi connectivity index (χ1) is 10.2. The Morgan fingerprint density at radius 3 is 2.95 bits per heavy atom. The topological polar surface area (TPSA) is 50.8 Å². The second kappa shape index (κ2) is 8.36. The van der Waals surface area contributed by atoms with Crippen molar-refractivity contribution in [1.29, 1.82) is 0 Å². The molecule has 0 bridgehead atoms. The van der Waals surface area contributed by atoms with Crippen molar-refractivity contribution in [2.75, 3.05) is 39.5 Å². The second-order valence-electron chi connectivity index (χ2n) is 4.92. The molecule has 1 aromatic carbocycles. The predicted molar refractivity (Wildman–Crippen MR) is 84.5 cm³/mol. The highest BCUT2D eigenvalue weighted by Crippen LogP contribution is 2.17. The van der Waals surface area contributed by atoms with E-state index < -0.39 is 0 Å². The molecule has 0 aromatic heterocycles. The summed E-state index contributed by atoms with van der Waals surface area (Å²) in [5.74, 6) is 0.944. The molecule has 1 amide bonds. The number of benzene rings is 1. The number of halogens is 1. The zero-order chi connectivity index (χ0) is 15.1. The zero-order valence-electron chi connectivity index (χ0n) is 12.2. The van der Waals surface area contributed by atoms with Gasteiger partial charge in [-0.05, 0) is 25.1 Å². The predicted octanol–water partition coefficient (Wildman–Crippen LogP) is 1.66. The smallest absolute Gasteiger partial charge is 0.239 e. The second-order valence-corrected chi connectivity index (χ2v) is 5.83. The molecule has 1 aromatic rings. The van der Waals surface area contributed by atoms with Crippen LogP contribution < -0.4 is 10.1 Å². The van der Waals surface area contributed by atoms with Gasteiger partial charge in [-0.3, -0.25) is 4.79 Å². The molecule has 0 saturated carbocycles.